The Kier molecular flexibility index (Phi) is 8.24. The molecule has 1 nitrogen and oxygen atoms in total. The van der Waals surface area contributed by atoms with Crippen LogP contribution >= 0.6 is 0 Å². The molecular weight excluding hydrogens is 783 g/mol. The quantitative estimate of drug-likeness (QED) is 0.161. The average molecular weight is 828 g/mol. The van der Waals surface area contributed by atoms with Gasteiger partial charge in [0.05, 0.1) is 11.1 Å². The molecule has 13 rings (SSSR count). The normalized spacial score (nSPS) is 13.9. The highest BCUT2D eigenvalue weighted by Crippen LogP contribution is 2.68. The van der Waals surface area contributed by atoms with E-state index in [-0.39, 0.29) is 5.41 Å². The fourth-order valence-corrected chi connectivity index (χ4v) is 11.7. The molecule has 65 heavy (non-hydrogen) atoms. The zero-order valence-electron chi connectivity index (χ0n) is 36.5. The van der Waals surface area contributed by atoms with Gasteiger partial charge in [0.1, 0.15) is 0 Å². The molecule has 0 saturated heterocycles. The van der Waals surface area contributed by atoms with Gasteiger partial charge in [0.2, 0.25) is 0 Å². The van der Waals surface area contributed by atoms with Gasteiger partial charge in [-0.15, -0.1) is 0 Å². The maximum absolute atomic E-state index is 2.63. The molecule has 0 unspecified atom stereocenters. The standard InChI is InChI=1S/C64H45N/c1-63(2)54-27-15-14-26-52(54)60-58(63)41-59-61(53-40-47(43-20-8-4-9-21-43)36-39-57(53)64(59)55-28-16-12-24-50(55)51-25-13-17-29-56(51)64)62(60)65(48-22-10-5-11-23-48)49-37-34-46(35-38-49)45-32-30-44(31-33-45)42-18-6-3-7-19-42/h3-41H,1-2H3. The number of hydrogen-bond acceptors (Lipinski definition) is 1. The van der Waals surface area contributed by atoms with E-state index < -0.39 is 5.41 Å². The predicted molar refractivity (Wildman–Crippen MR) is 271 cm³/mol. The monoisotopic (exact) mass is 827 g/mol. The van der Waals surface area contributed by atoms with Crippen molar-refractivity contribution in [1.82, 2.24) is 0 Å². The van der Waals surface area contributed by atoms with Crippen LogP contribution in [-0.4, -0.2) is 0 Å². The second kappa shape index (κ2) is 14.3. The molecule has 0 amide bonds. The van der Waals surface area contributed by atoms with E-state index >= 15 is 0 Å². The van der Waals surface area contributed by atoms with Crippen molar-refractivity contribution in [2.45, 2.75) is 24.7 Å². The molecule has 3 aliphatic rings. The number of para-hydroxylation sites is 1. The van der Waals surface area contributed by atoms with Gasteiger partial charge in [-0.05, 0) is 119 Å². The SMILES string of the molecule is CC1(C)c2ccccc2-c2c1cc1c(c2N(c2ccccc2)c2ccc(-c3ccc(-c4ccccc4)cc3)cc2)-c2cc(-c3ccccc3)ccc2C12c1ccccc1-c1ccccc12. The second-order valence-electron chi connectivity index (χ2n) is 18.4. The van der Waals surface area contributed by atoms with Gasteiger partial charge in [-0.25, -0.2) is 0 Å². The van der Waals surface area contributed by atoms with E-state index in [9.17, 15) is 0 Å². The molecule has 0 N–H and O–H groups in total. The first-order valence-electron chi connectivity index (χ1n) is 22.8. The van der Waals surface area contributed by atoms with Crippen molar-refractivity contribution in [3.8, 4) is 66.8 Å². The van der Waals surface area contributed by atoms with Gasteiger partial charge in [0.15, 0.2) is 0 Å². The second-order valence-corrected chi connectivity index (χ2v) is 18.4. The molecule has 0 bridgehead atoms. The zero-order chi connectivity index (χ0) is 43.3. The Hall–Kier alpha value is -8.00. The van der Waals surface area contributed by atoms with Crippen LogP contribution in [0.15, 0.2) is 237 Å². The van der Waals surface area contributed by atoms with E-state index in [1.165, 1.54) is 106 Å². The molecule has 10 aromatic rings. The third kappa shape index (κ3) is 5.39. The van der Waals surface area contributed by atoms with E-state index in [2.05, 4.69) is 255 Å². The van der Waals surface area contributed by atoms with Crippen LogP contribution < -0.4 is 4.90 Å². The van der Waals surface area contributed by atoms with Crippen molar-refractivity contribution >= 4 is 17.1 Å². The van der Waals surface area contributed by atoms with Crippen LogP contribution in [0.1, 0.15) is 47.2 Å². The first-order valence-corrected chi connectivity index (χ1v) is 22.8. The van der Waals surface area contributed by atoms with Crippen LogP contribution in [0.2, 0.25) is 0 Å². The number of benzene rings is 10. The molecule has 1 spiro atoms. The van der Waals surface area contributed by atoms with E-state index in [1.807, 2.05) is 0 Å². The topological polar surface area (TPSA) is 3.24 Å². The fourth-order valence-electron chi connectivity index (χ4n) is 11.7. The Morgan fingerprint density at radius 2 is 0.677 bits per heavy atom. The number of rotatable bonds is 6. The first-order chi connectivity index (χ1) is 32.0. The van der Waals surface area contributed by atoms with Gasteiger partial charge < -0.3 is 4.90 Å². The molecule has 0 heterocycles. The maximum Gasteiger partial charge on any atom is 0.0726 e. The van der Waals surface area contributed by atoms with Crippen LogP contribution in [0.25, 0.3) is 66.8 Å². The smallest absolute Gasteiger partial charge is 0.0726 e. The first kappa shape index (κ1) is 37.5. The summed E-state index contributed by atoms with van der Waals surface area (Å²) in [6.07, 6.45) is 0. The lowest BCUT2D eigenvalue weighted by molar-refractivity contribution is 0.657. The largest absolute Gasteiger partial charge is 0.309 e. The Morgan fingerprint density at radius 3 is 1.26 bits per heavy atom. The molecule has 3 aliphatic carbocycles. The molecule has 0 atom stereocenters. The Bertz CT molecular complexity index is 3430. The van der Waals surface area contributed by atoms with Gasteiger partial charge in [-0.2, -0.15) is 0 Å². The summed E-state index contributed by atoms with van der Waals surface area (Å²) in [5.41, 5.74) is 25.9. The lowest BCUT2D eigenvalue weighted by Gasteiger charge is -2.34. The summed E-state index contributed by atoms with van der Waals surface area (Å²) in [6, 6.07) is 88.2. The molecule has 306 valence electrons. The van der Waals surface area contributed by atoms with Crippen molar-refractivity contribution in [3.63, 3.8) is 0 Å². The Morgan fingerprint density at radius 1 is 0.277 bits per heavy atom. The highest BCUT2D eigenvalue weighted by atomic mass is 15.1. The van der Waals surface area contributed by atoms with E-state index in [0.29, 0.717) is 0 Å². The molecule has 0 aromatic heterocycles. The number of anilines is 3. The molecule has 0 radical (unpaired) electrons. The number of nitrogens with zero attached hydrogens (tertiary/aromatic N) is 1. The van der Waals surface area contributed by atoms with Crippen molar-refractivity contribution in [3.05, 3.63) is 270 Å². The van der Waals surface area contributed by atoms with E-state index in [1.54, 1.807) is 0 Å². The minimum Gasteiger partial charge on any atom is -0.309 e. The van der Waals surface area contributed by atoms with Crippen LogP contribution in [0.5, 0.6) is 0 Å². The lowest BCUT2D eigenvalue weighted by atomic mass is 9.69. The van der Waals surface area contributed by atoms with Crippen molar-refractivity contribution in [2.75, 3.05) is 4.90 Å². The highest BCUT2D eigenvalue weighted by molar-refractivity contribution is 6.09. The van der Waals surface area contributed by atoms with Gasteiger partial charge in [0, 0.05) is 27.9 Å². The molecule has 1 heteroatoms. The third-order valence-corrected chi connectivity index (χ3v) is 14.7. The van der Waals surface area contributed by atoms with E-state index in [4.69, 9.17) is 0 Å². The Balaban J connectivity index is 1.12. The zero-order valence-corrected chi connectivity index (χ0v) is 36.5. The van der Waals surface area contributed by atoms with Gasteiger partial charge in [-0.1, -0.05) is 220 Å². The molecule has 0 aliphatic heterocycles. The number of fused-ring (bicyclic) bond motifs is 13. The van der Waals surface area contributed by atoms with Crippen LogP contribution in [-0.2, 0) is 10.8 Å². The van der Waals surface area contributed by atoms with Crippen molar-refractivity contribution in [1.29, 1.82) is 0 Å². The van der Waals surface area contributed by atoms with Crippen LogP contribution in [0.4, 0.5) is 17.1 Å². The summed E-state index contributed by atoms with van der Waals surface area (Å²) in [4.78, 5) is 2.57. The van der Waals surface area contributed by atoms with Crippen LogP contribution in [0.3, 0.4) is 0 Å². The van der Waals surface area contributed by atoms with E-state index in [0.717, 1.165) is 11.4 Å². The summed E-state index contributed by atoms with van der Waals surface area (Å²) in [7, 11) is 0. The predicted octanol–water partition coefficient (Wildman–Crippen LogP) is 16.8. The molecule has 10 aromatic carbocycles. The minimum atomic E-state index is -0.528. The van der Waals surface area contributed by atoms with Gasteiger partial charge in [-0.3, -0.25) is 0 Å². The molecule has 0 saturated carbocycles. The fraction of sp³-hybridized carbons (Fsp3) is 0.0625. The van der Waals surface area contributed by atoms with Gasteiger partial charge in [0.25, 0.3) is 0 Å². The Labute approximate surface area is 381 Å². The summed E-state index contributed by atoms with van der Waals surface area (Å²) < 4.78 is 0. The summed E-state index contributed by atoms with van der Waals surface area (Å²) in [5.74, 6) is 0. The third-order valence-electron chi connectivity index (χ3n) is 14.7. The summed E-state index contributed by atoms with van der Waals surface area (Å²) >= 11 is 0. The summed E-state index contributed by atoms with van der Waals surface area (Å²) in [5, 5.41) is 0. The molecule has 0 fully saturated rings. The summed E-state index contributed by atoms with van der Waals surface area (Å²) in [6.45, 7) is 4.86. The maximum atomic E-state index is 2.63. The van der Waals surface area contributed by atoms with Gasteiger partial charge >= 0.3 is 0 Å². The highest BCUT2D eigenvalue weighted by Gasteiger charge is 2.54. The van der Waals surface area contributed by atoms with Crippen molar-refractivity contribution in [2.24, 2.45) is 0 Å². The molecular formula is C64H45N. The lowest BCUT2D eigenvalue weighted by Crippen LogP contribution is -2.27. The number of hydrogen-bond donors (Lipinski definition) is 0. The van der Waals surface area contributed by atoms with Crippen molar-refractivity contribution < 1.29 is 0 Å². The van der Waals surface area contributed by atoms with Crippen LogP contribution in [0, 0.1) is 0 Å². The minimum absolute atomic E-state index is 0.253. The average Bonchev–Trinajstić information content (AvgIpc) is 3.93.